The maximum Gasteiger partial charge on any atom is 0.306 e. The van der Waals surface area contributed by atoms with Gasteiger partial charge in [-0.1, -0.05) is 6.92 Å². The molecule has 0 fully saturated rings. The predicted molar refractivity (Wildman–Crippen MR) is 32.0 cm³/mol. The van der Waals surface area contributed by atoms with Gasteiger partial charge in [0, 0.05) is 6.42 Å². The van der Waals surface area contributed by atoms with E-state index in [1.54, 1.807) is 0 Å². The molecule has 4 heteroatoms. The van der Waals surface area contributed by atoms with Crippen LogP contribution in [0.2, 0.25) is 0 Å². The zero-order valence-electron chi connectivity index (χ0n) is 5.68. The molecule has 0 amide bonds. The summed E-state index contributed by atoms with van der Waals surface area (Å²) in [6.07, 6.45) is -2.66. The second-order valence-corrected chi connectivity index (χ2v) is 2.21. The summed E-state index contributed by atoms with van der Waals surface area (Å²) in [5.74, 6) is -1.67. The minimum Gasteiger partial charge on any atom is -0.481 e. The van der Waals surface area contributed by atoms with Crippen LogP contribution in [0.15, 0.2) is 0 Å². The lowest BCUT2D eigenvalue weighted by atomic mass is 10.1. The van der Waals surface area contributed by atoms with E-state index in [9.17, 15) is 13.6 Å². The Labute approximate surface area is 57.9 Å². The van der Waals surface area contributed by atoms with Gasteiger partial charge in [0.15, 0.2) is 0 Å². The van der Waals surface area contributed by atoms with Gasteiger partial charge >= 0.3 is 5.97 Å². The summed E-state index contributed by atoms with van der Waals surface area (Å²) in [5.41, 5.74) is 0. The molecule has 0 bridgehead atoms. The minimum atomic E-state index is -2.39. The fourth-order valence-electron chi connectivity index (χ4n) is 0.499. The highest BCUT2D eigenvalue weighted by Gasteiger charge is 2.13. The van der Waals surface area contributed by atoms with Crippen molar-refractivity contribution < 1.29 is 18.7 Å². The summed E-state index contributed by atoms with van der Waals surface area (Å²) in [5, 5.41) is 8.25. The molecule has 1 atom stereocenters. The van der Waals surface area contributed by atoms with Gasteiger partial charge in [-0.05, 0) is 6.42 Å². The van der Waals surface area contributed by atoms with Gasteiger partial charge in [0.2, 0.25) is 6.43 Å². The maximum atomic E-state index is 11.5. The van der Waals surface area contributed by atoms with Gasteiger partial charge in [0.1, 0.15) is 0 Å². The summed E-state index contributed by atoms with van der Waals surface area (Å²) in [6, 6.07) is 0. The molecule has 1 N–H and O–H groups in total. The number of alkyl halides is 2. The van der Waals surface area contributed by atoms with Crippen molar-refractivity contribution in [3.05, 3.63) is 0 Å². The highest BCUT2D eigenvalue weighted by Crippen LogP contribution is 2.10. The van der Waals surface area contributed by atoms with Crippen LogP contribution in [0.5, 0.6) is 0 Å². The summed E-state index contributed by atoms with van der Waals surface area (Å²) >= 11 is 0. The Morgan fingerprint density at radius 1 is 1.50 bits per heavy atom. The van der Waals surface area contributed by atoms with Crippen molar-refractivity contribution in [2.45, 2.75) is 26.2 Å². The molecule has 0 saturated heterocycles. The molecule has 10 heavy (non-hydrogen) atoms. The number of carbonyl (C=O) groups is 1. The number of halogens is 2. The molecule has 0 radical (unpaired) electrons. The van der Waals surface area contributed by atoms with Crippen LogP contribution >= 0.6 is 0 Å². The van der Waals surface area contributed by atoms with Gasteiger partial charge in [-0.2, -0.15) is 0 Å². The highest BCUT2D eigenvalue weighted by molar-refractivity contribution is 5.69. The lowest BCUT2D eigenvalue weighted by Gasteiger charge is -2.03. The molecule has 0 heterocycles. The smallest absolute Gasteiger partial charge is 0.306 e. The monoisotopic (exact) mass is 152 g/mol. The predicted octanol–water partition coefficient (Wildman–Crippen LogP) is 1.75. The van der Waals surface area contributed by atoms with Crippen molar-refractivity contribution in [1.82, 2.24) is 0 Å². The Bertz CT molecular complexity index is 114. The van der Waals surface area contributed by atoms with Gasteiger partial charge in [-0.3, -0.25) is 4.79 Å². The first-order chi connectivity index (χ1) is 4.54. The average molecular weight is 152 g/mol. The Hall–Kier alpha value is -0.670. The van der Waals surface area contributed by atoms with E-state index in [0.717, 1.165) is 0 Å². The number of rotatable bonds is 4. The van der Waals surface area contributed by atoms with E-state index in [2.05, 4.69) is 0 Å². The second-order valence-electron chi connectivity index (χ2n) is 2.21. The molecule has 0 aliphatic carbocycles. The van der Waals surface area contributed by atoms with Crippen LogP contribution in [0.25, 0.3) is 0 Å². The fraction of sp³-hybridized carbons (Fsp3) is 0.833. The third-order valence-corrected chi connectivity index (χ3v) is 1.24. The van der Waals surface area contributed by atoms with Crippen LogP contribution in [0.3, 0.4) is 0 Å². The molecule has 0 aromatic heterocycles. The van der Waals surface area contributed by atoms with Gasteiger partial charge < -0.3 is 5.11 Å². The first-order valence-electron chi connectivity index (χ1n) is 3.05. The lowest BCUT2D eigenvalue weighted by Crippen LogP contribution is -2.10. The zero-order valence-corrected chi connectivity index (χ0v) is 5.68. The normalized spacial score (nSPS) is 13.6. The van der Waals surface area contributed by atoms with E-state index in [1.165, 1.54) is 6.92 Å². The summed E-state index contributed by atoms with van der Waals surface area (Å²) in [4.78, 5) is 10.1. The largest absolute Gasteiger partial charge is 0.481 e. The quantitative estimate of drug-likeness (QED) is 0.666. The SMILES string of the molecule is C[C@H](CCC(F)F)C(=O)O. The first-order valence-corrected chi connectivity index (χ1v) is 3.05. The zero-order chi connectivity index (χ0) is 8.15. The molecule has 0 spiro atoms. The fourth-order valence-corrected chi connectivity index (χ4v) is 0.499. The van der Waals surface area contributed by atoms with Crippen LogP contribution in [-0.4, -0.2) is 17.5 Å². The van der Waals surface area contributed by atoms with Crippen molar-refractivity contribution in [2.24, 2.45) is 5.92 Å². The van der Waals surface area contributed by atoms with Gasteiger partial charge in [0.05, 0.1) is 5.92 Å². The van der Waals surface area contributed by atoms with E-state index < -0.39 is 18.3 Å². The van der Waals surface area contributed by atoms with E-state index in [1.807, 2.05) is 0 Å². The van der Waals surface area contributed by atoms with E-state index >= 15 is 0 Å². The van der Waals surface area contributed by atoms with Crippen molar-refractivity contribution in [3.63, 3.8) is 0 Å². The van der Waals surface area contributed by atoms with Crippen LogP contribution in [0.4, 0.5) is 8.78 Å². The first kappa shape index (κ1) is 9.33. The Balaban J connectivity index is 3.40. The molecule has 0 aromatic rings. The molecule has 0 aliphatic heterocycles. The second kappa shape index (κ2) is 4.19. The molecule has 0 aliphatic rings. The summed E-state index contributed by atoms with van der Waals surface area (Å²) in [6.45, 7) is 1.42. The van der Waals surface area contributed by atoms with Crippen molar-refractivity contribution in [3.8, 4) is 0 Å². The third-order valence-electron chi connectivity index (χ3n) is 1.24. The van der Waals surface area contributed by atoms with Crippen molar-refractivity contribution in [1.29, 1.82) is 0 Å². The van der Waals surface area contributed by atoms with Gasteiger partial charge in [0.25, 0.3) is 0 Å². The standard InChI is InChI=1S/C6H10F2O2/c1-4(6(9)10)2-3-5(7)8/h4-5H,2-3H2,1H3,(H,9,10)/t4-/m1/s1. The Kier molecular flexibility index (Phi) is 3.91. The number of aliphatic carboxylic acids is 1. The molecular weight excluding hydrogens is 142 g/mol. The topological polar surface area (TPSA) is 37.3 Å². The summed E-state index contributed by atoms with van der Waals surface area (Å²) in [7, 11) is 0. The molecule has 0 unspecified atom stereocenters. The number of carboxylic acid groups (broad SMARTS) is 1. The van der Waals surface area contributed by atoms with E-state index in [4.69, 9.17) is 5.11 Å². The Morgan fingerprint density at radius 2 is 2.00 bits per heavy atom. The van der Waals surface area contributed by atoms with Gasteiger partial charge in [-0.25, -0.2) is 8.78 Å². The number of carboxylic acids is 1. The molecular formula is C6H10F2O2. The maximum absolute atomic E-state index is 11.5. The van der Waals surface area contributed by atoms with E-state index in [-0.39, 0.29) is 12.8 Å². The Morgan fingerprint density at radius 3 is 2.30 bits per heavy atom. The highest BCUT2D eigenvalue weighted by atomic mass is 19.3. The number of hydrogen-bond acceptors (Lipinski definition) is 1. The van der Waals surface area contributed by atoms with Crippen LogP contribution in [0, 0.1) is 5.92 Å². The lowest BCUT2D eigenvalue weighted by molar-refractivity contribution is -0.141. The average Bonchev–Trinajstić information content (AvgIpc) is 1.82. The van der Waals surface area contributed by atoms with Gasteiger partial charge in [-0.15, -0.1) is 0 Å². The van der Waals surface area contributed by atoms with Crippen molar-refractivity contribution in [2.75, 3.05) is 0 Å². The number of hydrogen-bond donors (Lipinski definition) is 1. The molecule has 0 aromatic carbocycles. The molecule has 0 saturated carbocycles. The van der Waals surface area contributed by atoms with Crippen LogP contribution < -0.4 is 0 Å². The summed E-state index contributed by atoms with van der Waals surface area (Å²) < 4.78 is 22.9. The minimum absolute atomic E-state index is 0.0486. The molecule has 0 rings (SSSR count). The molecule has 60 valence electrons. The van der Waals surface area contributed by atoms with Crippen LogP contribution in [-0.2, 0) is 4.79 Å². The van der Waals surface area contributed by atoms with Crippen LogP contribution in [0.1, 0.15) is 19.8 Å². The van der Waals surface area contributed by atoms with Crippen molar-refractivity contribution >= 4 is 5.97 Å². The molecule has 2 nitrogen and oxygen atoms in total. The van der Waals surface area contributed by atoms with E-state index in [0.29, 0.717) is 0 Å². The third kappa shape index (κ3) is 4.23.